The molecule has 96 valence electrons. The lowest BCUT2D eigenvalue weighted by atomic mass is 10.1. The van der Waals surface area contributed by atoms with Crippen LogP contribution < -0.4 is 4.74 Å². The van der Waals surface area contributed by atoms with Gasteiger partial charge in [0.1, 0.15) is 11.6 Å². The Morgan fingerprint density at radius 2 is 2.21 bits per heavy atom. The molecule has 0 aliphatic rings. The quantitative estimate of drug-likeness (QED) is 0.742. The molecule has 0 aliphatic carbocycles. The third-order valence-electron chi connectivity index (χ3n) is 2.92. The highest BCUT2D eigenvalue weighted by Crippen LogP contribution is 2.27. The molecule has 5 heteroatoms. The summed E-state index contributed by atoms with van der Waals surface area (Å²) in [5.41, 5.74) is 1.16. The van der Waals surface area contributed by atoms with E-state index in [0.29, 0.717) is 21.7 Å². The van der Waals surface area contributed by atoms with E-state index in [2.05, 4.69) is 4.98 Å². The smallest absolute Gasteiger partial charge is 0.205 e. The van der Waals surface area contributed by atoms with Crippen LogP contribution in [0.1, 0.15) is 15.2 Å². The van der Waals surface area contributed by atoms with Gasteiger partial charge in [-0.05, 0) is 18.2 Å². The maximum atomic E-state index is 13.1. The summed E-state index contributed by atoms with van der Waals surface area (Å²) < 4.78 is 18.2. The first kappa shape index (κ1) is 11.9. The molecule has 0 aliphatic heterocycles. The van der Waals surface area contributed by atoms with Crippen LogP contribution in [0.5, 0.6) is 5.75 Å². The minimum atomic E-state index is -0.328. The number of hydrogen-bond acceptors (Lipinski definition) is 3. The largest absolute Gasteiger partial charge is 0.496 e. The number of carbonyl (C=O) groups excluding carboxylic acids is 1. The average molecular weight is 275 g/mol. The summed E-state index contributed by atoms with van der Waals surface area (Å²) >= 11 is 1.33. The van der Waals surface area contributed by atoms with Crippen molar-refractivity contribution in [3.8, 4) is 5.75 Å². The number of carbonyl (C=O) groups is 1. The number of halogens is 1. The average Bonchev–Trinajstić information content (AvgIpc) is 3.03. The molecule has 0 fully saturated rings. The lowest BCUT2D eigenvalue weighted by Gasteiger charge is -1.96. The number of H-pyrrole nitrogens is 1. The first-order chi connectivity index (χ1) is 9.19. The van der Waals surface area contributed by atoms with Crippen molar-refractivity contribution in [3.05, 3.63) is 52.1 Å². The van der Waals surface area contributed by atoms with Crippen molar-refractivity contribution in [1.29, 1.82) is 0 Å². The summed E-state index contributed by atoms with van der Waals surface area (Å²) in [7, 11) is 1.56. The molecule has 3 nitrogen and oxygen atoms in total. The highest BCUT2D eigenvalue weighted by molar-refractivity contribution is 7.12. The van der Waals surface area contributed by atoms with Crippen molar-refractivity contribution in [2.24, 2.45) is 0 Å². The summed E-state index contributed by atoms with van der Waals surface area (Å²) in [6, 6.07) is 6.04. The molecule has 3 rings (SSSR count). The summed E-state index contributed by atoms with van der Waals surface area (Å²) in [6.45, 7) is 0. The lowest BCUT2D eigenvalue weighted by Crippen LogP contribution is -1.97. The number of hydrogen-bond donors (Lipinski definition) is 1. The topological polar surface area (TPSA) is 42.1 Å². The summed E-state index contributed by atoms with van der Waals surface area (Å²) in [5, 5.41) is 2.50. The van der Waals surface area contributed by atoms with E-state index in [9.17, 15) is 9.18 Å². The summed E-state index contributed by atoms with van der Waals surface area (Å²) in [5.74, 6) is 0.247. The van der Waals surface area contributed by atoms with E-state index < -0.39 is 0 Å². The number of methoxy groups -OCH3 is 1. The zero-order chi connectivity index (χ0) is 13.4. The highest BCUT2D eigenvalue weighted by Gasteiger charge is 2.16. The molecule has 0 amide bonds. The lowest BCUT2D eigenvalue weighted by molar-refractivity contribution is 0.104. The molecule has 0 spiro atoms. The van der Waals surface area contributed by atoms with Crippen molar-refractivity contribution in [1.82, 2.24) is 4.98 Å². The number of aromatic amines is 1. The van der Waals surface area contributed by atoms with Crippen LogP contribution in [0, 0.1) is 5.82 Å². The zero-order valence-electron chi connectivity index (χ0n) is 10.1. The molecule has 0 saturated carbocycles. The van der Waals surface area contributed by atoms with Crippen LogP contribution in [0.15, 0.2) is 35.8 Å². The molecule has 0 saturated heterocycles. The van der Waals surface area contributed by atoms with Gasteiger partial charge in [-0.2, -0.15) is 0 Å². The van der Waals surface area contributed by atoms with Gasteiger partial charge in [0.25, 0.3) is 0 Å². The van der Waals surface area contributed by atoms with Gasteiger partial charge < -0.3 is 9.72 Å². The van der Waals surface area contributed by atoms with Crippen LogP contribution in [0.4, 0.5) is 4.39 Å². The SMILES string of the molecule is COc1csc(C(=O)c2c[nH]c3cc(F)ccc23)c1. The molecule has 2 aromatic heterocycles. The van der Waals surface area contributed by atoms with Crippen molar-refractivity contribution in [3.63, 3.8) is 0 Å². The molecule has 19 heavy (non-hydrogen) atoms. The van der Waals surface area contributed by atoms with E-state index in [1.807, 2.05) is 0 Å². The van der Waals surface area contributed by atoms with E-state index in [4.69, 9.17) is 4.74 Å². The molecule has 1 N–H and O–H groups in total. The monoisotopic (exact) mass is 275 g/mol. The Kier molecular flexibility index (Phi) is 2.83. The molecule has 3 aromatic rings. The number of thiophene rings is 1. The summed E-state index contributed by atoms with van der Waals surface area (Å²) in [4.78, 5) is 15.9. The standard InChI is InChI=1S/C14H10FNO2S/c1-18-9-5-13(19-7-9)14(17)11-6-16-12-4-8(15)2-3-10(11)12/h2-7,16H,1H3. The van der Waals surface area contributed by atoms with E-state index >= 15 is 0 Å². The number of fused-ring (bicyclic) bond motifs is 1. The number of rotatable bonds is 3. The van der Waals surface area contributed by atoms with Gasteiger partial charge in [-0.1, -0.05) is 0 Å². The normalized spacial score (nSPS) is 10.8. The van der Waals surface area contributed by atoms with Crippen molar-refractivity contribution >= 4 is 28.0 Å². The molecule has 0 unspecified atom stereocenters. The predicted molar refractivity (Wildman–Crippen MR) is 72.6 cm³/mol. The maximum Gasteiger partial charge on any atom is 0.205 e. The fraction of sp³-hybridized carbons (Fsp3) is 0.0714. The van der Waals surface area contributed by atoms with Crippen LogP contribution in [0.3, 0.4) is 0 Å². The minimum Gasteiger partial charge on any atom is -0.496 e. The van der Waals surface area contributed by atoms with E-state index in [-0.39, 0.29) is 11.6 Å². The molecule has 1 aromatic carbocycles. The third-order valence-corrected chi connectivity index (χ3v) is 3.83. The molecule has 0 atom stereocenters. The van der Waals surface area contributed by atoms with Gasteiger partial charge in [-0.25, -0.2) is 4.39 Å². The van der Waals surface area contributed by atoms with Crippen LogP contribution in [-0.4, -0.2) is 17.9 Å². The van der Waals surface area contributed by atoms with Gasteiger partial charge in [0, 0.05) is 34.1 Å². The van der Waals surface area contributed by atoms with Gasteiger partial charge in [-0.3, -0.25) is 4.79 Å². The van der Waals surface area contributed by atoms with Gasteiger partial charge in [-0.15, -0.1) is 11.3 Å². The fourth-order valence-electron chi connectivity index (χ4n) is 1.96. The Morgan fingerprint density at radius 1 is 1.37 bits per heavy atom. The fourth-order valence-corrected chi connectivity index (χ4v) is 2.77. The molecule has 0 radical (unpaired) electrons. The van der Waals surface area contributed by atoms with Crippen molar-refractivity contribution in [2.75, 3.05) is 7.11 Å². The third kappa shape index (κ3) is 2.02. The van der Waals surface area contributed by atoms with Crippen LogP contribution in [0.2, 0.25) is 0 Å². The second-order valence-electron chi connectivity index (χ2n) is 4.07. The number of nitrogens with one attached hydrogen (secondary N) is 1. The van der Waals surface area contributed by atoms with Crippen molar-refractivity contribution in [2.45, 2.75) is 0 Å². The Labute approximate surface area is 112 Å². The number of benzene rings is 1. The van der Waals surface area contributed by atoms with Crippen molar-refractivity contribution < 1.29 is 13.9 Å². The first-order valence-corrected chi connectivity index (χ1v) is 6.51. The second kappa shape index (κ2) is 4.51. The summed E-state index contributed by atoms with van der Waals surface area (Å²) in [6.07, 6.45) is 1.61. The molecule has 2 heterocycles. The maximum absolute atomic E-state index is 13.1. The first-order valence-electron chi connectivity index (χ1n) is 5.63. The van der Waals surface area contributed by atoms with Crippen LogP contribution >= 0.6 is 11.3 Å². The Balaban J connectivity index is 2.06. The Hall–Kier alpha value is -2.14. The van der Waals surface area contributed by atoms with E-state index in [0.717, 1.165) is 5.39 Å². The highest BCUT2D eigenvalue weighted by atomic mass is 32.1. The van der Waals surface area contributed by atoms with Gasteiger partial charge >= 0.3 is 0 Å². The second-order valence-corrected chi connectivity index (χ2v) is 4.98. The predicted octanol–water partition coefficient (Wildman–Crippen LogP) is 3.61. The zero-order valence-corrected chi connectivity index (χ0v) is 10.9. The number of ketones is 1. The van der Waals surface area contributed by atoms with Gasteiger partial charge in [0.15, 0.2) is 0 Å². The Morgan fingerprint density at radius 3 is 2.95 bits per heavy atom. The number of ether oxygens (including phenoxy) is 1. The van der Waals surface area contributed by atoms with Crippen LogP contribution in [0.25, 0.3) is 10.9 Å². The molecular formula is C14H10FNO2S. The molecule has 0 bridgehead atoms. The Bertz CT molecular complexity index is 760. The van der Waals surface area contributed by atoms with Crippen LogP contribution in [-0.2, 0) is 0 Å². The molecular weight excluding hydrogens is 265 g/mol. The van der Waals surface area contributed by atoms with Gasteiger partial charge in [0.05, 0.1) is 12.0 Å². The van der Waals surface area contributed by atoms with E-state index in [1.54, 1.807) is 30.8 Å². The van der Waals surface area contributed by atoms with E-state index in [1.165, 1.54) is 23.5 Å². The van der Waals surface area contributed by atoms with Gasteiger partial charge in [0.2, 0.25) is 5.78 Å². The minimum absolute atomic E-state index is 0.0915. The number of aromatic nitrogens is 1.